The van der Waals surface area contributed by atoms with E-state index in [1.54, 1.807) is 12.3 Å². The molecule has 6 nitrogen and oxygen atoms in total. The first kappa shape index (κ1) is 19.6. The number of thioether (sulfide) groups is 1. The third kappa shape index (κ3) is 5.65. The van der Waals surface area contributed by atoms with Crippen molar-refractivity contribution in [3.63, 3.8) is 0 Å². The Morgan fingerprint density at radius 3 is 2.71 bits per heavy atom. The van der Waals surface area contributed by atoms with Gasteiger partial charge in [0.2, 0.25) is 11.8 Å². The second-order valence-electron chi connectivity index (χ2n) is 6.10. The summed E-state index contributed by atoms with van der Waals surface area (Å²) in [5.41, 5.74) is 2.78. The molecular weight excluding hydrogens is 372 g/mol. The van der Waals surface area contributed by atoms with Crippen molar-refractivity contribution in [1.29, 1.82) is 0 Å². The van der Waals surface area contributed by atoms with Crippen LogP contribution in [0.4, 0.5) is 5.69 Å². The zero-order valence-electron chi connectivity index (χ0n) is 15.3. The summed E-state index contributed by atoms with van der Waals surface area (Å²) in [6, 6.07) is 17.3. The SMILES string of the molecule is Cc1ccccc1NC(=O)C[C@H]1S/C(=N/N=C\C=C\c2ccccc2)NC1=O. The molecule has 1 aliphatic rings. The number of benzene rings is 2. The lowest BCUT2D eigenvalue weighted by Gasteiger charge is -2.09. The maximum absolute atomic E-state index is 12.2. The molecule has 1 atom stereocenters. The highest BCUT2D eigenvalue weighted by molar-refractivity contribution is 8.15. The Kier molecular flexibility index (Phi) is 6.75. The Morgan fingerprint density at radius 1 is 1.18 bits per heavy atom. The average molecular weight is 392 g/mol. The summed E-state index contributed by atoms with van der Waals surface area (Å²) in [6.45, 7) is 1.92. The minimum absolute atomic E-state index is 0.0709. The van der Waals surface area contributed by atoms with Gasteiger partial charge in [-0.2, -0.15) is 5.10 Å². The molecule has 0 spiro atoms. The fourth-order valence-corrected chi connectivity index (χ4v) is 3.44. The number of hydrogen-bond donors (Lipinski definition) is 2. The maximum Gasteiger partial charge on any atom is 0.240 e. The van der Waals surface area contributed by atoms with E-state index in [9.17, 15) is 9.59 Å². The summed E-state index contributed by atoms with van der Waals surface area (Å²) in [6.07, 6.45) is 5.29. The molecular formula is C21H20N4O2S. The molecule has 0 saturated carbocycles. The van der Waals surface area contributed by atoms with Gasteiger partial charge in [-0.25, -0.2) is 0 Å². The average Bonchev–Trinajstić information content (AvgIpc) is 3.03. The van der Waals surface area contributed by atoms with Gasteiger partial charge in [-0.1, -0.05) is 66.4 Å². The van der Waals surface area contributed by atoms with Gasteiger partial charge < -0.3 is 10.6 Å². The summed E-state index contributed by atoms with van der Waals surface area (Å²) in [7, 11) is 0. The van der Waals surface area contributed by atoms with Crippen LogP contribution in [0.3, 0.4) is 0 Å². The summed E-state index contributed by atoms with van der Waals surface area (Å²) >= 11 is 1.21. The summed E-state index contributed by atoms with van der Waals surface area (Å²) < 4.78 is 0. The number of para-hydroxylation sites is 1. The lowest BCUT2D eigenvalue weighted by molar-refractivity contribution is -0.122. The molecule has 0 aliphatic carbocycles. The van der Waals surface area contributed by atoms with Gasteiger partial charge in [0.1, 0.15) is 5.25 Å². The van der Waals surface area contributed by atoms with Gasteiger partial charge in [-0.15, -0.1) is 5.10 Å². The highest BCUT2D eigenvalue weighted by atomic mass is 32.2. The smallest absolute Gasteiger partial charge is 0.240 e. The molecule has 28 heavy (non-hydrogen) atoms. The van der Waals surface area contributed by atoms with E-state index in [1.807, 2.05) is 67.6 Å². The zero-order valence-corrected chi connectivity index (χ0v) is 16.1. The van der Waals surface area contributed by atoms with Crippen molar-refractivity contribution in [3.8, 4) is 0 Å². The van der Waals surface area contributed by atoms with E-state index in [-0.39, 0.29) is 18.2 Å². The maximum atomic E-state index is 12.2. The van der Waals surface area contributed by atoms with E-state index in [1.165, 1.54) is 11.8 Å². The first-order valence-electron chi connectivity index (χ1n) is 8.77. The molecule has 7 heteroatoms. The minimum Gasteiger partial charge on any atom is -0.326 e. The molecule has 1 saturated heterocycles. The van der Waals surface area contributed by atoms with E-state index in [4.69, 9.17) is 0 Å². The van der Waals surface area contributed by atoms with Crippen LogP contribution < -0.4 is 10.6 Å². The normalized spacial score (nSPS) is 18.1. The number of carbonyl (C=O) groups is 2. The van der Waals surface area contributed by atoms with Crippen LogP contribution in [-0.4, -0.2) is 28.4 Å². The number of rotatable bonds is 6. The highest BCUT2D eigenvalue weighted by Gasteiger charge is 2.32. The number of aryl methyl sites for hydroxylation is 1. The van der Waals surface area contributed by atoms with Gasteiger partial charge >= 0.3 is 0 Å². The van der Waals surface area contributed by atoms with Crippen molar-refractivity contribution in [1.82, 2.24) is 5.32 Å². The van der Waals surface area contributed by atoms with E-state index >= 15 is 0 Å². The lowest BCUT2D eigenvalue weighted by Crippen LogP contribution is -2.28. The van der Waals surface area contributed by atoms with E-state index < -0.39 is 5.25 Å². The van der Waals surface area contributed by atoms with Crippen LogP contribution in [0.1, 0.15) is 17.5 Å². The van der Waals surface area contributed by atoms with Gasteiger partial charge in [-0.3, -0.25) is 9.59 Å². The molecule has 2 aromatic carbocycles. The predicted octanol–water partition coefficient (Wildman–Crippen LogP) is 3.61. The molecule has 0 bridgehead atoms. The molecule has 2 N–H and O–H groups in total. The van der Waals surface area contributed by atoms with E-state index in [0.717, 1.165) is 16.8 Å². The molecule has 2 amide bonds. The van der Waals surface area contributed by atoms with Gasteiger partial charge in [0, 0.05) is 18.3 Å². The molecule has 2 aromatic rings. The fraction of sp³-hybridized carbons (Fsp3) is 0.143. The number of hydrogen-bond acceptors (Lipinski definition) is 5. The Hall–Kier alpha value is -3.19. The number of anilines is 1. The topological polar surface area (TPSA) is 82.9 Å². The van der Waals surface area contributed by atoms with Crippen molar-refractivity contribution >= 4 is 46.7 Å². The van der Waals surface area contributed by atoms with Crippen LogP contribution in [0.2, 0.25) is 0 Å². The minimum atomic E-state index is -0.516. The molecule has 1 fully saturated rings. The second-order valence-corrected chi connectivity index (χ2v) is 7.29. The van der Waals surface area contributed by atoms with Crippen LogP contribution in [-0.2, 0) is 9.59 Å². The van der Waals surface area contributed by atoms with Crippen molar-refractivity contribution in [2.75, 3.05) is 5.32 Å². The number of carbonyl (C=O) groups excluding carboxylic acids is 2. The molecule has 3 rings (SSSR count). The third-order valence-electron chi connectivity index (χ3n) is 3.96. The van der Waals surface area contributed by atoms with Crippen LogP contribution in [0, 0.1) is 6.92 Å². The van der Waals surface area contributed by atoms with E-state index in [2.05, 4.69) is 20.8 Å². The second kappa shape index (κ2) is 9.66. The largest absolute Gasteiger partial charge is 0.326 e. The van der Waals surface area contributed by atoms with Crippen molar-refractivity contribution in [3.05, 3.63) is 71.8 Å². The van der Waals surface area contributed by atoms with Crippen LogP contribution in [0.25, 0.3) is 6.08 Å². The first-order valence-corrected chi connectivity index (χ1v) is 9.65. The molecule has 1 aliphatic heterocycles. The standard InChI is InChI=1S/C21H20N4O2S/c1-15-8-5-6-12-17(15)23-19(26)14-18-20(27)24-21(28-18)25-22-13-7-11-16-9-3-2-4-10-16/h2-13,18H,14H2,1H3,(H,23,26)(H,24,25,27)/b11-7+,22-13-/t18-/m1/s1. The molecule has 0 unspecified atom stereocenters. The summed E-state index contributed by atoms with van der Waals surface area (Å²) in [5.74, 6) is -0.448. The number of nitrogens with one attached hydrogen (secondary N) is 2. The lowest BCUT2D eigenvalue weighted by atomic mass is 10.2. The zero-order chi connectivity index (χ0) is 19.8. The van der Waals surface area contributed by atoms with Crippen LogP contribution >= 0.6 is 11.8 Å². The Morgan fingerprint density at radius 2 is 1.93 bits per heavy atom. The van der Waals surface area contributed by atoms with Gasteiger partial charge in [0.05, 0.1) is 0 Å². The summed E-state index contributed by atoms with van der Waals surface area (Å²) in [5, 5.41) is 13.3. The van der Waals surface area contributed by atoms with Gasteiger partial charge in [0.15, 0.2) is 5.17 Å². The van der Waals surface area contributed by atoms with E-state index in [0.29, 0.717) is 5.17 Å². The first-order chi connectivity index (χ1) is 13.6. The van der Waals surface area contributed by atoms with Crippen molar-refractivity contribution in [2.24, 2.45) is 10.2 Å². The monoisotopic (exact) mass is 392 g/mol. The fourth-order valence-electron chi connectivity index (χ4n) is 2.51. The van der Waals surface area contributed by atoms with Crippen molar-refractivity contribution in [2.45, 2.75) is 18.6 Å². The third-order valence-corrected chi connectivity index (χ3v) is 5.03. The number of nitrogens with zero attached hydrogens (tertiary/aromatic N) is 2. The Labute approximate surface area is 167 Å². The summed E-state index contributed by atoms with van der Waals surface area (Å²) in [4.78, 5) is 24.3. The van der Waals surface area contributed by atoms with Gasteiger partial charge in [0.25, 0.3) is 0 Å². The number of allylic oxidation sites excluding steroid dienone is 1. The quantitative estimate of drug-likeness (QED) is 0.582. The molecule has 0 radical (unpaired) electrons. The van der Waals surface area contributed by atoms with Crippen molar-refractivity contribution < 1.29 is 9.59 Å². The molecule has 142 valence electrons. The Balaban J connectivity index is 1.51. The molecule has 0 aromatic heterocycles. The highest BCUT2D eigenvalue weighted by Crippen LogP contribution is 2.23. The number of amides is 2. The number of amidine groups is 1. The molecule has 1 heterocycles. The van der Waals surface area contributed by atoms with Crippen LogP contribution in [0.15, 0.2) is 70.9 Å². The van der Waals surface area contributed by atoms with Gasteiger partial charge in [-0.05, 0) is 30.2 Å². The predicted molar refractivity (Wildman–Crippen MR) is 115 cm³/mol. The Bertz CT molecular complexity index is 938. The van der Waals surface area contributed by atoms with Crippen LogP contribution in [0.5, 0.6) is 0 Å².